The lowest BCUT2D eigenvalue weighted by molar-refractivity contribution is 0.221. The first-order valence-electron chi connectivity index (χ1n) is 5.91. The monoisotopic (exact) mass is 200 g/mol. The molecule has 0 aromatic heterocycles. The van der Waals surface area contributed by atoms with Crippen molar-refractivity contribution >= 4 is 0 Å². The SMILES string of the molecule is CCC(C)NCC(C)N(C)CC(C)C. The standard InChI is InChI=1S/C12H28N2/c1-7-11(4)13-8-12(5)14(6)9-10(2)3/h10-13H,7-9H2,1-6H3. The molecule has 2 nitrogen and oxygen atoms in total. The van der Waals surface area contributed by atoms with Gasteiger partial charge in [-0.2, -0.15) is 0 Å². The van der Waals surface area contributed by atoms with Gasteiger partial charge in [-0.3, -0.25) is 0 Å². The van der Waals surface area contributed by atoms with Crippen LogP contribution in [0.2, 0.25) is 0 Å². The van der Waals surface area contributed by atoms with Crippen molar-refractivity contribution in [1.29, 1.82) is 0 Å². The van der Waals surface area contributed by atoms with E-state index in [-0.39, 0.29) is 0 Å². The molecule has 14 heavy (non-hydrogen) atoms. The molecule has 0 heterocycles. The molecule has 1 N–H and O–H groups in total. The quantitative estimate of drug-likeness (QED) is 0.678. The Morgan fingerprint density at radius 1 is 1.14 bits per heavy atom. The largest absolute Gasteiger partial charge is 0.313 e. The number of rotatable bonds is 7. The number of hydrogen-bond donors (Lipinski definition) is 1. The molecule has 86 valence electrons. The van der Waals surface area contributed by atoms with Crippen molar-refractivity contribution in [2.24, 2.45) is 5.92 Å². The van der Waals surface area contributed by atoms with Crippen LogP contribution in [0, 0.1) is 5.92 Å². The van der Waals surface area contributed by atoms with Gasteiger partial charge in [-0.05, 0) is 33.2 Å². The Bertz CT molecular complexity index is 134. The zero-order valence-electron chi connectivity index (χ0n) is 10.8. The van der Waals surface area contributed by atoms with E-state index >= 15 is 0 Å². The van der Waals surface area contributed by atoms with Crippen molar-refractivity contribution in [3.8, 4) is 0 Å². The van der Waals surface area contributed by atoms with Crippen molar-refractivity contribution in [3.05, 3.63) is 0 Å². The summed E-state index contributed by atoms with van der Waals surface area (Å²) in [6.07, 6.45) is 1.21. The molecule has 0 radical (unpaired) electrons. The smallest absolute Gasteiger partial charge is 0.0189 e. The highest BCUT2D eigenvalue weighted by Gasteiger charge is 2.10. The van der Waals surface area contributed by atoms with Crippen molar-refractivity contribution in [3.63, 3.8) is 0 Å². The number of nitrogens with zero attached hydrogens (tertiary/aromatic N) is 1. The fourth-order valence-electron chi connectivity index (χ4n) is 1.43. The Morgan fingerprint density at radius 3 is 2.14 bits per heavy atom. The maximum atomic E-state index is 3.54. The molecule has 0 saturated heterocycles. The van der Waals surface area contributed by atoms with E-state index < -0.39 is 0 Å². The van der Waals surface area contributed by atoms with Gasteiger partial charge in [0.15, 0.2) is 0 Å². The number of hydrogen-bond acceptors (Lipinski definition) is 2. The molecular formula is C12H28N2. The molecule has 0 fully saturated rings. The molecule has 2 atom stereocenters. The number of nitrogens with one attached hydrogen (secondary N) is 1. The predicted molar refractivity (Wildman–Crippen MR) is 64.7 cm³/mol. The third-order valence-corrected chi connectivity index (χ3v) is 2.78. The molecule has 2 unspecified atom stereocenters. The molecule has 0 aliphatic heterocycles. The van der Waals surface area contributed by atoms with Crippen LogP contribution in [0.5, 0.6) is 0 Å². The molecular weight excluding hydrogens is 172 g/mol. The lowest BCUT2D eigenvalue weighted by Gasteiger charge is -2.27. The first kappa shape index (κ1) is 13.9. The first-order valence-corrected chi connectivity index (χ1v) is 5.91. The van der Waals surface area contributed by atoms with E-state index in [9.17, 15) is 0 Å². The van der Waals surface area contributed by atoms with Crippen LogP contribution >= 0.6 is 0 Å². The number of likely N-dealkylation sites (N-methyl/N-ethyl adjacent to an activating group) is 1. The molecule has 0 rings (SSSR count). The minimum atomic E-state index is 0.631. The zero-order valence-corrected chi connectivity index (χ0v) is 10.8. The summed E-state index contributed by atoms with van der Waals surface area (Å²) < 4.78 is 0. The van der Waals surface area contributed by atoms with E-state index in [1.807, 2.05) is 0 Å². The first-order chi connectivity index (χ1) is 6.47. The summed E-state index contributed by atoms with van der Waals surface area (Å²) >= 11 is 0. The second-order valence-corrected chi connectivity index (χ2v) is 4.90. The molecule has 0 aliphatic carbocycles. The zero-order chi connectivity index (χ0) is 11.1. The van der Waals surface area contributed by atoms with Crippen molar-refractivity contribution in [2.75, 3.05) is 20.1 Å². The van der Waals surface area contributed by atoms with Crippen LogP contribution in [0.1, 0.15) is 41.0 Å². The van der Waals surface area contributed by atoms with Gasteiger partial charge in [0.25, 0.3) is 0 Å². The van der Waals surface area contributed by atoms with E-state index in [0.717, 1.165) is 12.5 Å². The van der Waals surface area contributed by atoms with Gasteiger partial charge in [0, 0.05) is 25.2 Å². The highest BCUT2D eigenvalue weighted by molar-refractivity contribution is 4.69. The van der Waals surface area contributed by atoms with Crippen LogP contribution in [0.25, 0.3) is 0 Å². The van der Waals surface area contributed by atoms with Gasteiger partial charge in [-0.1, -0.05) is 20.8 Å². The van der Waals surface area contributed by atoms with Crippen molar-refractivity contribution in [2.45, 2.75) is 53.1 Å². The van der Waals surface area contributed by atoms with Gasteiger partial charge in [0.1, 0.15) is 0 Å². The van der Waals surface area contributed by atoms with Crippen LogP contribution in [0.3, 0.4) is 0 Å². The Hall–Kier alpha value is -0.0800. The second-order valence-electron chi connectivity index (χ2n) is 4.90. The van der Waals surface area contributed by atoms with E-state index in [1.54, 1.807) is 0 Å². The van der Waals surface area contributed by atoms with Gasteiger partial charge in [0.05, 0.1) is 0 Å². The molecule has 2 heteroatoms. The minimum absolute atomic E-state index is 0.631. The third kappa shape index (κ3) is 6.39. The fraction of sp³-hybridized carbons (Fsp3) is 1.00. The van der Waals surface area contributed by atoms with Crippen LogP contribution in [0.15, 0.2) is 0 Å². The Morgan fingerprint density at radius 2 is 1.71 bits per heavy atom. The Kier molecular flexibility index (Phi) is 7.20. The van der Waals surface area contributed by atoms with E-state index in [0.29, 0.717) is 12.1 Å². The van der Waals surface area contributed by atoms with Gasteiger partial charge in [-0.25, -0.2) is 0 Å². The van der Waals surface area contributed by atoms with Gasteiger partial charge in [0.2, 0.25) is 0 Å². The molecule has 0 bridgehead atoms. The maximum absolute atomic E-state index is 3.54. The Labute approximate surface area is 90.1 Å². The lowest BCUT2D eigenvalue weighted by Crippen LogP contribution is -2.42. The average molecular weight is 200 g/mol. The minimum Gasteiger partial charge on any atom is -0.313 e. The fourth-order valence-corrected chi connectivity index (χ4v) is 1.43. The summed E-state index contributed by atoms with van der Waals surface area (Å²) in [4.78, 5) is 2.43. The molecule has 0 saturated carbocycles. The topological polar surface area (TPSA) is 15.3 Å². The van der Waals surface area contributed by atoms with Crippen LogP contribution in [0.4, 0.5) is 0 Å². The van der Waals surface area contributed by atoms with Gasteiger partial charge < -0.3 is 10.2 Å². The van der Waals surface area contributed by atoms with E-state index in [1.165, 1.54) is 13.0 Å². The van der Waals surface area contributed by atoms with Crippen LogP contribution in [-0.2, 0) is 0 Å². The van der Waals surface area contributed by atoms with Gasteiger partial charge >= 0.3 is 0 Å². The lowest BCUT2D eigenvalue weighted by atomic mass is 10.1. The highest BCUT2D eigenvalue weighted by atomic mass is 15.1. The molecule has 0 spiro atoms. The summed E-state index contributed by atoms with van der Waals surface area (Å²) in [7, 11) is 2.21. The molecule has 0 amide bonds. The second kappa shape index (κ2) is 7.24. The Balaban J connectivity index is 3.66. The third-order valence-electron chi connectivity index (χ3n) is 2.78. The van der Waals surface area contributed by atoms with Crippen molar-refractivity contribution in [1.82, 2.24) is 10.2 Å². The summed E-state index contributed by atoms with van der Waals surface area (Å²) in [5.74, 6) is 0.756. The van der Waals surface area contributed by atoms with Gasteiger partial charge in [-0.15, -0.1) is 0 Å². The highest BCUT2D eigenvalue weighted by Crippen LogP contribution is 2.01. The molecule has 0 aliphatic rings. The maximum Gasteiger partial charge on any atom is 0.0189 e. The molecule has 0 aromatic carbocycles. The summed E-state index contributed by atoms with van der Waals surface area (Å²) in [5.41, 5.74) is 0. The normalized spacial score (nSPS) is 16.3. The average Bonchev–Trinajstić information content (AvgIpc) is 2.12. The molecule has 0 aromatic rings. The van der Waals surface area contributed by atoms with Crippen LogP contribution < -0.4 is 5.32 Å². The van der Waals surface area contributed by atoms with E-state index in [2.05, 4.69) is 51.9 Å². The van der Waals surface area contributed by atoms with Crippen LogP contribution in [-0.4, -0.2) is 37.1 Å². The predicted octanol–water partition coefficient (Wildman–Crippen LogP) is 2.35. The summed E-state index contributed by atoms with van der Waals surface area (Å²) in [5, 5.41) is 3.54. The van der Waals surface area contributed by atoms with Crippen molar-refractivity contribution < 1.29 is 0 Å². The summed E-state index contributed by atoms with van der Waals surface area (Å²) in [6, 6.07) is 1.27. The van der Waals surface area contributed by atoms with E-state index in [4.69, 9.17) is 0 Å². The summed E-state index contributed by atoms with van der Waals surface area (Å²) in [6.45, 7) is 13.6.